The van der Waals surface area contributed by atoms with Gasteiger partial charge in [0.2, 0.25) is 0 Å². The highest BCUT2D eigenvalue weighted by molar-refractivity contribution is 5.94. The van der Waals surface area contributed by atoms with Gasteiger partial charge in [0.15, 0.2) is 0 Å². The highest BCUT2D eigenvalue weighted by Gasteiger charge is 2.18. The number of nitrogens with zero attached hydrogens (tertiary/aromatic N) is 2. The van der Waals surface area contributed by atoms with Crippen LogP contribution in [0.3, 0.4) is 0 Å². The van der Waals surface area contributed by atoms with Gasteiger partial charge in [0.25, 0.3) is 5.91 Å². The fourth-order valence-corrected chi connectivity index (χ4v) is 2.80. The Kier molecular flexibility index (Phi) is 3.73. The zero-order chi connectivity index (χ0) is 14.8. The molecule has 0 unspecified atom stereocenters. The molecule has 4 nitrogen and oxygen atoms in total. The fraction of sp³-hybridized carbons (Fsp3) is 0.375. The maximum absolute atomic E-state index is 13.5. The topological polar surface area (TPSA) is 46.9 Å². The standard InChI is InChI=1S/C16H18FN3O/c1-20-14-9-5-4-8-13(14)19-15(20)10-18-16(21)11-6-2-3-7-12(11)17/h2-3,6-7H,4-5,8-10H2,1H3,(H,18,21). The molecule has 1 aromatic heterocycles. The van der Waals surface area contributed by atoms with E-state index < -0.39 is 11.7 Å². The van der Waals surface area contributed by atoms with Gasteiger partial charge in [-0.3, -0.25) is 4.79 Å². The van der Waals surface area contributed by atoms with E-state index in [0.717, 1.165) is 24.4 Å². The Balaban J connectivity index is 1.72. The van der Waals surface area contributed by atoms with Crippen LogP contribution in [0.5, 0.6) is 0 Å². The molecule has 0 saturated heterocycles. The minimum atomic E-state index is -0.505. The highest BCUT2D eigenvalue weighted by Crippen LogP contribution is 2.21. The van der Waals surface area contributed by atoms with Crippen molar-refractivity contribution in [2.75, 3.05) is 0 Å². The van der Waals surface area contributed by atoms with Gasteiger partial charge >= 0.3 is 0 Å². The van der Waals surface area contributed by atoms with Crippen molar-refractivity contribution in [3.8, 4) is 0 Å². The third kappa shape index (κ3) is 2.68. The third-order valence-electron chi connectivity index (χ3n) is 3.99. The van der Waals surface area contributed by atoms with E-state index in [1.54, 1.807) is 12.1 Å². The van der Waals surface area contributed by atoms with Crippen molar-refractivity contribution in [2.45, 2.75) is 32.2 Å². The number of halogens is 1. The molecule has 0 atom stereocenters. The first-order valence-corrected chi connectivity index (χ1v) is 7.23. The molecule has 1 aromatic carbocycles. The second-order valence-corrected chi connectivity index (χ2v) is 5.35. The normalized spacial score (nSPS) is 13.8. The maximum Gasteiger partial charge on any atom is 0.254 e. The van der Waals surface area contributed by atoms with Gasteiger partial charge in [0, 0.05) is 12.7 Å². The number of hydrogen-bond acceptors (Lipinski definition) is 2. The monoisotopic (exact) mass is 287 g/mol. The van der Waals surface area contributed by atoms with E-state index in [1.807, 2.05) is 7.05 Å². The molecule has 0 spiro atoms. The van der Waals surface area contributed by atoms with E-state index in [9.17, 15) is 9.18 Å². The molecule has 1 aliphatic carbocycles. The molecule has 1 aliphatic rings. The first-order valence-electron chi connectivity index (χ1n) is 7.23. The lowest BCUT2D eigenvalue weighted by atomic mass is 10.0. The summed E-state index contributed by atoms with van der Waals surface area (Å²) in [5.74, 6) is -0.0882. The van der Waals surface area contributed by atoms with Gasteiger partial charge in [-0.1, -0.05) is 12.1 Å². The van der Waals surface area contributed by atoms with Gasteiger partial charge in [-0.15, -0.1) is 0 Å². The third-order valence-corrected chi connectivity index (χ3v) is 3.99. The van der Waals surface area contributed by atoms with Crippen LogP contribution in [0, 0.1) is 5.82 Å². The largest absolute Gasteiger partial charge is 0.345 e. The number of hydrogen-bond donors (Lipinski definition) is 1. The Morgan fingerprint density at radius 1 is 1.33 bits per heavy atom. The van der Waals surface area contributed by atoms with Crippen LogP contribution in [0.2, 0.25) is 0 Å². The van der Waals surface area contributed by atoms with Crippen LogP contribution in [0.4, 0.5) is 4.39 Å². The van der Waals surface area contributed by atoms with E-state index in [2.05, 4.69) is 14.9 Å². The van der Waals surface area contributed by atoms with E-state index in [0.29, 0.717) is 6.54 Å². The average Bonchev–Trinajstić information content (AvgIpc) is 2.82. The van der Waals surface area contributed by atoms with E-state index in [1.165, 1.54) is 30.7 Å². The van der Waals surface area contributed by atoms with Crippen LogP contribution >= 0.6 is 0 Å². The molecule has 110 valence electrons. The summed E-state index contributed by atoms with van der Waals surface area (Å²) in [7, 11) is 1.97. The number of nitrogens with one attached hydrogen (secondary N) is 1. The number of benzene rings is 1. The Bertz CT molecular complexity index is 678. The molecular formula is C16H18FN3O. The second-order valence-electron chi connectivity index (χ2n) is 5.35. The number of fused-ring (bicyclic) bond motifs is 1. The number of carbonyl (C=O) groups is 1. The van der Waals surface area contributed by atoms with E-state index >= 15 is 0 Å². The van der Waals surface area contributed by atoms with Crippen molar-refractivity contribution >= 4 is 5.91 Å². The molecular weight excluding hydrogens is 269 g/mol. The molecule has 2 aromatic rings. The zero-order valence-corrected chi connectivity index (χ0v) is 12.0. The lowest BCUT2D eigenvalue weighted by molar-refractivity contribution is 0.0945. The summed E-state index contributed by atoms with van der Waals surface area (Å²) in [6.45, 7) is 0.316. The molecule has 0 aliphatic heterocycles. The van der Waals surface area contributed by atoms with Gasteiger partial charge in [-0.25, -0.2) is 9.37 Å². The van der Waals surface area contributed by atoms with Crippen LogP contribution in [-0.2, 0) is 26.4 Å². The molecule has 0 bridgehead atoms. The van der Waals surface area contributed by atoms with Gasteiger partial charge in [-0.05, 0) is 37.8 Å². The molecule has 0 fully saturated rings. The second kappa shape index (κ2) is 5.68. The summed E-state index contributed by atoms with van der Waals surface area (Å²) in [4.78, 5) is 16.6. The fourth-order valence-electron chi connectivity index (χ4n) is 2.80. The lowest BCUT2D eigenvalue weighted by Gasteiger charge is -2.11. The Labute approximate surface area is 123 Å². The first kappa shape index (κ1) is 13.8. The van der Waals surface area contributed by atoms with Crippen LogP contribution < -0.4 is 5.32 Å². The van der Waals surface area contributed by atoms with Crippen molar-refractivity contribution in [1.82, 2.24) is 14.9 Å². The Hall–Kier alpha value is -2.17. The van der Waals surface area contributed by atoms with Crippen LogP contribution in [0.15, 0.2) is 24.3 Å². The average molecular weight is 287 g/mol. The summed E-state index contributed by atoms with van der Waals surface area (Å²) in [5.41, 5.74) is 2.46. The first-order chi connectivity index (χ1) is 10.2. The van der Waals surface area contributed by atoms with Crippen molar-refractivity contribution in [3.63, 3.8) is 0 Å². The summed E-state index contributed by atoms with van der Waals surface area (Å²) in [5, 5.41) is 2.74. The van der Waals surface area contributed by atoms with Crippen LogP contribution in [-0.4, -0.2) is 15.5 Å². The van der Waals surface area contributed by atoms with Gasteiger partial charge < -0.3 is 9.88 Å². The molecule has 0 radical (unpaired) electrons. The molecule has 1 N–H and O–H groups in total. The van der Waals surface area contributed by atoms with Gasteiger partial charge in [0.05, 0.1) is 17.8 Å². The minimum Gasteiger partial charge on any atom is -0.345 e. The summed E-state index contributed by atoms with van der Waals surface area (Å²) >= 11 is 0. The molecule has 5 heteroatoms. The molecule has 1 amide bonds. The Morgan fingerprint density at radius 3 is 2.86 bits per heavy atom. The number of aryl methyl sites for hydroxylation is 1. The quantitative estimate of drug-likeness (QED) is 0.942. The predicted molar refractivity (Wildman–Crippen MR) is 77.4 cm³/mol. The molecule has 21 heavy (non-hydrogen) atoms. The minimum absolute atomic E-state index is 0.0662. The SMILES string of the molecule is Cn1c(CNC(=O)c2ccccc2F)nc2c1CCCC2. The summed E-state index contributed by atoms with van der Waals surface area (Å²) < 4.78 is 15.6. The van der Waals surface area contributed by atoms with Crippen molar-refractivity contribution in [3.05, 3.63) is 52.9 Å². The molecule has 0 saturated carbocycles. The Morgan fingerprint density at radius 2 is 2.10 bits per heavy atom. The van der Waals surface area contributed by atoms with E-state index in [4.69, 9.17) is 0 Å². The summed E-state index contributed by atoms with van der Waals surface area (Å²) in [6.07, 6.45) is 4.41. The highest BCUT2D eigenvalue weighted by atomic mass is 19.1. The van der Waals surface area contributed by atoms with Gasteiger partial charge in [-0.2, -0.15) is 0 Å². The lowest BCUT2D eigenvalue weighted by Crippen LogP contribution is -2.25. The molecule has 3 rings (SSSR count). The van der Waals surface area contributed by atoms with Crippen LogP contribution in [0.25, 0.3) is 0 Å². The maximum atomic E-state index is 13.5. The number of aromatic nitrogens is 2. The summed E-state index contributed by atoms with van der Waals surface area (Å²) in [6, 6.07) is 5.99. The number of amides is 1. The van der Waals surface area contributed by atoms with Crippen molar-refractivity contribution < 1.29 is 9.18 Å². The predicted octanol–water partition coefficient (Wildman–Crippen LogP) is 2.37. The smallest absolute Gasteiger partial charge is 0.254 e. The van der Waals surface area contributed by atoms with Gasteiger partial charge in [0.1, 0.15) is 11.6 Å². The number of carbonyl (C=O) groups excluding carboxylic acids is 1. The number of rotatable bonds is 3. The van der Waals surface area contributed by atoms with E-state index in [-0.39, 0.29) is 5.56 Å². The number of imidazole rings is 1. The van der Waals surface area contributed by atoms with Crippen LogP contribution in [0.1, 0.15) is 40.4 Å². The van der Waals surface area contributed by atoms with Crippen molar-refractivity contribution in [2.24, 2.45) is 7.05 Å². The zero-order valence-electron chi connectivity index (χ0n) is 12.0. The molecule has 1 heterocycles. The van der Waals surface area contributed by atoms with Crippen molar-refractivity contribution in [1.29, 1.82) is 0 Å².